The standard InChI is InChI=1S/C13H20O5/c14-9-11-10-17-12(5-1-3-7-15-12)13(18-11)6-2-4-8-16-13/h9,11H,1-8,10H2/t11-,12+,13+/m0/s1. The fraction of sp³-hybridized carbons (Fsp3) is 0.923. The zero-order valence-electron chi connectivity index (χ0n) is 10.6. The second-order valence-electron chi connectivity index (χ2n) is 5.22. The Kier molecular flexibility index (Phi) is 3.40. The van der Waals surface area contributed by atoms with Crippen LogP contribution in [0.1, 0.15) is 38.5 Å². The van der Waals surface area contributed by atoms with Gasteiger partial charge in [-0.05, 0) is 25.7 Å². The molecule has 0 unspecified atom stereocenters. The van der Waals surface area contributed by atoms with E-state index in [1.54, 1.807) is 0 Å². The second kappa shape index (κ2) is 4.89. The Bertz CT molecular complexity index is 305. The van der Waals surface area contributed by atoms with E-state index in [4.69, 9.17) is 18.9 Å². The molecule has 0 aromatic heterocycles. The fourth-order valence-electron chi connectivity index (χ4n) is 3.11. The number of ether oxygens (including phenoxy) is 4. The molecule has 3 saturated heterocycles. The van der Waals surface area contributed by atoms with Crippen LogP contribution < -0.4 is 0 Å². The molecule has 0 bridgehead atoms. The van der Waals surface area contributed by atoms with Crippen molar-refractivity contribution in [3.8, 4) is 0 Å². The summed E-state index contributed by atoms with van der Waals surface area (Å²) in [4.78, 5) is 11.0. The Hall–Kier alpha value is -0.490. The van der Waals surface area contributed by atoms with E-state index in [0.29, 0.717) is 13.2 Å². The maximum atomic E-state index is 11.0. The summed E-state index contributed by atoms with van der Waals surface area (Å²) in [6, 6.07) is 0. The fourth-order valence-corrected chi connectivity index (χ4v) is 3.11. The first-order valence-corrected chi connectivity index (χ1v) is 6.85. The highest BCUT2D eigenvalue weighted by Crippen LogP contribution is 2.47. The van der Waals surface area contributed by atoms with Gasteiger partial charge in [0.25, 0.3) is 0 Å². The van der Waals surface area contributed by atoms with Crippen LogP contribution in [-0.4, -0.2) is 43.8 Å². The molecule has 5 nitrogen and oxygen atoms in total. The van der Waals surface area contributed by atoms with Gasteiger partial charge in [0, 0.05) is 12.8 Å². The molecule has 0 N–H and O–H groups in total. The minimum atomic E-state index is -0.879. The summed E-state index contributed by atoms with van der Waals surface area (Å²) in [6.45, 7) is 1.56. The van der Waals surface area contributed by atoms with E-state index in [9.17, 15) is 4.79 Å². The monoisotopic (exact) mass is 256 g/mol. The molecule has 3 aliphatic rings. The Balaban J connectivity index is 1.88. The lowest BCUT2D eigenvalue weighted by atomic mass is 9.89. The van der Waals surface area contributed by atoms with Gasteiger partial charge in [-0.25, -0.2) is 0 Å². The van der Waals surface area contributed by atoms with Gasteiger partial charge in [0.15, 0.2) is 6.29 Å². The molecule has 3 rings (SSSR count). The van der Waals surface area contributed by atoms with Crippen molar-refractivity contribution in [2.24, 2.45) is 0 Å². The van der Waals surface area contributed by atoms with E-state index in [2.05, 4.69) is 0 Å². The molecule has 0 aliphatic carbocycles. The largest absolute Gasteiger partial charge is 0.345 e. The van der Waals surface area contributed by atoms with Gasteiger partial charge in [-0.15, -0.1) is 0 Å². The van der Waals surface area contributed by atoms with Crippen LogP contribution in [-0.2, 0) is 23.7 Å². The Labute approximate surface area is 107 Å². The molecule has 18 heavy (non-hydrogen) atoms. The lowest BCUT2D eigenvalue weighted by Gasteiger charge is -2.55. The van der Waals surface area contributed by atoms with E-state index < -0.39 is 17.7 Å². The summed E-state index contributed by atoms with van der Waals surface area (Å²) in [5.74, 6) is -1.68. The van der Waals surface area contributed by atoms with Crippen molar-refractivity contribution >= 4 is 6.29 Å². The lowest BCUT2D eigenvalue weighted by Crippen LogP contribution is -2.68. The van der Waals surface area contributed by atoms with E-state index in [-0.39, 0.29) is 6.61 Å². The van der Waals surface area contributed by atoms with Crippen LogP contribution in [0.2, 0.25) is 0 Å². The molecule has 0 radical (unpaired) electrons. The third kappa shape index (κ3) is 1.90. The average Bonchev–Trinajstić information content (AvgIpc) is 2.44. The quantitative estimate of drug-likeness (QED) is 0.664. The Morgan fingerprint density at radius 1 is 0.889 bits per heavy atom. The summed E-state index contributed by atoms with van der Waals surface area (Å²) in [5, 5.41) is 0. The minimum Gasteiger partial charge on any atom is -0.345 e. The van der Waals surface area contributed by atoms with Crippen LogP contribution in [0.5, 0.6) is 0 Å². The van der Waals surface area contributed by atoms with Crippen molar-refractivity contribution in [1.29, 1.82) is 0 Å². The van der Waals surface area contributed by atoms with Gasteiger partial charge in [-0.2, -0.15) is 0 Å². The summed E-state index contributed by atoms with van der Waals surface area (Å²) in [6.07, 6.45) is 5.87. The van der Waals surface area contributed by atoms with Gasteiger partial charge in [-0.1, -0.05) is 0 Å². The topological polar surface area (TPSA) is 54.0 Å². The zero-order chi connectivity index (χ0) is 12.5. The maximum Gasteiger partial charge on any atom is 0.224 e. The normalized spacial score (nSPS) is 45.2. The van der Waals surface area contributed by atoms with E-state index in [0.717, 1.165) is 44.8 Å². The van der Waals surface area contributed by atoms with Crippen LogP contribution in [0.4, 0.5) is 0 Å². The first-order valence-electron chi connectivity index (χ1n) is 6.85. The number of hydrogen-bond donors (Lipinski definition) is 0. The Morgan fingerprint density at radius 3 is 2.11 bits per heavy atom. The third-order valence-corrected chi connectivity index (χ3v) is 4.03. The van der Waals surface area contributed by atoms with Crippen molar-refractivity contribution in [3.05, 3.63) is 0 Å². The van der Waals surface area contributed by atoms with Gasteiger partial charge < -0.3 is 23.7 Å². The molecule has 3 atom stereocenters. The van der Waals surface area contributed by atoms with Crippen LogP contribution >= 0.6 is 0 Å². The van der Waals surface area contributed by atoms with Crippen molar-refractivity contribution in [2.75, 3.05) is 19.8 Å². The maximum absolute atomic E-state index is 11.0. The first kappa shape index (κ1) is 12.5. The predicted octanol–water partition coefficient (Wildman–Crippen LogP) is 1.39. The second-order valence-corrected chi connectivity index (χ2v) is 5.22. The molecule has 102 valence electrons. The summed E-state index contributed by atoms with van der Waals surface area (Å²) < 4.78 is 23.6. The van der Waals surface area contributed by atoms with Gasteiger partial charge in [0.05, 0.1) is 19.8 Å². The molecule has 3 fully saturated rings. The summed E-state index contributed by atoms with van der Waals surface area (Å²) in [5.41, 5.74) is 0. The molecular weight excluding hydrogens is 236 g/mol. The highest BCUT2D eigenvalue weighted by atomic mass is 16.8. The van der Waals surface area contributed by atoms with E-state index in [1.807, 2.05) is 0 Å². The van der Waals surface area contributed by atoms with Crippen LogP contribution in [0, 0.1) is 0 Å². The third-order valence-electron chi connectivity index (χ3n) is 4.03. The van der Waals surface area contributed by atoms with Crippen molar-refractivity contribution in [1.82, 2.24) is 0 Å². The van der Waals surface area contributed by atoms with Crippen molar-refractivity contribution in [3.63, 3.8) is 0 Å². The van der Waals surface area contributed by atoms with Crippen LogP contribution in [0.3, 0.4) is 0 Å². The molecule has 3 heterocycles. The average molecular weight is 256 g/mol. The molecule has 0 saturated carbocycles. The highest BCUT2D eigenvalue weighted by molar-refractivity contribution is 5.56. The number of aldehydes is 1. The molecule has 5 heteroatoms. The molecule has 2 spiro atoms. The number of rotatable bonds is 1. The van der Waals surface area contributed by atoms with Gasteiger partial charge in [0.2, 0.25) is 11.6 Å². The zero-order valence-corrected chi connectivity index (χ0v) is 10.6. The summed E-state index contributed by atoms with van der Waals surface area (Å²) in [7, 11) is 0. The molecule has 0 aromatic carbocycles. The summed E-state index contributed by atoms with van der Waals surface area (Å²) >= 11 is 0. The Morgan fingerprint density at radius 2 is 1.56 bits per heavy atom. The van der Waals surface area contributed by atoms with Crippen LogP contribution in [0.15, 0.2) is 0 Å². The smallest absolute Gasteiger partial charge is 0.224 e. The number of carbonyl (C=O) groups is 1. The van der Waals surface area contributed by atoms with Gasteiger partial charge in [0.1, 0.15) is 6.10 Å². The van der Waals surface area contributed by atoms with E-state index >= 15 is 0 Å². The van der Waals surface area contributed by atoms with Gasteiger partial charge in [-0.3, -0.25) is 0 Å². The minimum absolute atomic E-state index is 0.259. The highest BCUT2D eigenvalue weighted by Gasteiger charge is 2.61. The number of carbonyl (C=O) groups excluding carboxylic acids is 1. The molecule has 0 aromatic rings. The predicted molar refractivity (Wildman–Crippen MR) is 62.0 cm³/mol. The lowest BCUT2D eigenvalue weighted by molar-refractivity contribution is -0.460. The van der Waals surface area contributed by atoms with Crippen LogP contribution in [0.25, 0.3) is 0 Å². The molecule has 3 aliphatic heterocycles. The first-order chi connectivity index (χ1) is 8.80. The van der Waals surface area contributed by atoms with Crippen molar-refractivity contribution in [2.45, 2.75) is 56.2 Å². The number of hydrogen-bond acceptors (Lipinski definition) is 5. The molecular formula is C13H20O5. The SMILES string of the molecule is O=C[C@H]1CO[C@]2(CCCCO2)[C@@]2(CCCCO2)O1. The van der Waals surface area contributed by atoms with Crippen molar-refractivity contribution < 1.29 is 23.7 Å². The van der Waals surface area contributed by atoms with E-state index in [1.165, 1.54) is 0 Å². The number of fused-ring (bicyclic) bond motifs is 1. The van der Waals surface area contributed by atoms with Gasteiger partial charge >= 0.3 is 0 Å². The molecule has 0 amide bonds.